The van der Waals surface area contributed by atoms with Crippen molar-refractivity contribution in [2.24, 2.45) is 0 Å². The average Bonchev–Trinajstić information content (AvgIpc) is 3.14. The summed E-state index contributed by atoms with van der Waals surface area (Å²) in [4.78, 5) is 13.3. The monoisotopic (exact) mass is 750 g/mol. The zero-order chi connectivity index (χ0) is 37.8. The smallest absolute Gasteiger partial charge is 0.493 e. The van der Waals surface area contributed by atoms with Crippen molar-refractivity contribution in [2.75, 3.05) is 39.6 Å². The summed E-state index contributed by atoms with van der Waals surface area (Å²) in [5.74, 6) is 1.29. The van der Waals surface area contributed by atoms with Crippen LogP contribution in [0.4, 0.5) is 0 Å². The van der Waals surface area contributed by atoms with Gasteiger partial charge in [-0.05, 0) is 52.2 Å². The Labute approximate surface area is 322 Å². The fourth-order valence-corrected chi connectivity index (χ4v) is 9.36. The van der Waals surface area contributed by atoms with Crippen LogP contribution in [-0.4, -0.2) is 54.3 Å². The first kappa shape index (κ1) is 48.4. The zero-order valence-corrected chi connectivity index (χ0v) is 35.8. The summed E-state index contributed by atoms with van der Waals surface area (Å²) in [7, 11) is -2.74. The van der Waals surface area contributed by atoms with Gasteiger partial charge in [0.2, 0.25) is 0 Å². The van der Waals surface area contributed by atoms with E-state index in [-0.39, 0.29) is 5.91 Å². The number of unbranched alkanes of at least 4 members (excludes halogenated alkanes) is 22. The highest BCUT2D eigenvalue weighted by molar-refractivity contribution is 6.60. The molecule has 7 nitrogen and oxygen atoms in total. The molecule has 0 bridgehead atoms. The van der Waals surface area contributed by atoms with Crippen LogP contribution in [0.3, 0.4) is 0 Å². The van der Waals surface area contributed by atoms with Crippen LogP contribution in [0.5, 0.6) is 11.5 Å². The van der Waals surface area contributed by atoms with Crippen molar-refractivity contribution < 1.29 is 27.5 Å². The van der Waals surface area contributed by atoms with Crippen molar-refractivity contribution in [1.29, 1.82) is 0 Å². The summed E-state index contributed by atoms with van der Waals surface area (Å²) < 4.78 is 30.3. The van der Waals surface area contributed by atoms with E-state index >= 15 is 0 Å². The number of rotatable bonds is 39. The number of nitrogens with one attached hydrogen (secondary N) is 1. The van der Waals surface area contributed by atoms with Crippen molar-refractivity contribution in [3.8, 4) is 11.5 Å². The van der Waals surface area contributed by atoms with Crippen LogP contribution < -0.4 is 14.8 Å². The van der Waals surface area contributed by atoms with Crippen LogP contribution in [-0.2, 0) is 13.3 Å². The third kappa shape index (κ3) is 26.2. The highest BCUT2D eigenvalue weighted by Gasteiger charge is 2.39. The quantitative estimate of drug-likeness (QED) is 0.0533. The second-order valence-electron chi connectivity index (χ2n) is 14.5. The molecule has 1 aromatic carbocycles. The Morgan fingerprint density at radius 3 is 1.17 bits per heavy atom. The van der Waals surface area contributed by atoms with Crippen LogP contribution in [0.15, 0.2) is 18.2 Å². The molecule has 0 aromatic heterocycles. The number of carbonyl (C=O) groups excluding carboxylic acids is 1. The summed E-state index contributed by atoms with van der Waals surface area (Å²) >= 11 is 0. The molecule has 1 aromatic rings. The van der Waals surface area contributed by atoms with Crippen molar-refractivity contribution >= 4 is 14.7 Å². The third-order valence-electron chi connectivity index (χ3n) is 9.71. The molecule has 0 aliphatic carbocycles. The molecule has 0 saturated carbocycles. The Bertz CT molecular complexity index is 882. The summed E-state index contributed by atoms with van der Waals surface area (Å²) in [6.45, 7) is 13.9. The number of amides is 1. The number of ether oxygens (including phenoxy) is 2. The normalized spacial score (nSPS) is 11.6. The molecule has 0 aliphatic heterocycles. The van der Waals surface area contributed by atoms with Gasteiger partial charge in [-0.2, -0.15) is 0 Å². The summed E-state index contributed by atoms with van der Waals surface area (Å²) in [5, 5.41) is 3.09. The standard InChI is InChI=1S/C44H83NO6Si/c1-6-11-13-15-17-19-21-23-25-27-29-31-35-47-42-38-41(44(46)45-34-33-37-52(49-8-3,50-9-4)51-10-5)39-43(40-42)48-36-32-30-28-26-24-22-20-18-16-14-12-7-2/h38-40H,6-37H2,1-5H3,(H,45,46). The maximum absolute atomic E-state index is 13.3. The van der Waals surface area contributed by atoms with Gasteiger partial charge in [-0.1, -0.05) is 155 Å². The molecule has 0 unspecified atom stereocenters. The maximum atomic E-state index is 13.3. The lowest BCUT2D eigenvalue weighted by atomic mass is 10.1. The number of hydrogen-bond acceptors (Lipinski definition) is 6. The van der Waals surface area contributed by atoms with Crippen molar-refractivity contribution in [3.05, 3.63) is 23.8 Å². The van der Waals surface area contributed by atoms with Gasteiger partial charge in [0.05, 0.1) is 13.2 Å². The number of hydrogen-bond donors (Lipinski definition) is 1. The van der Waals surface area contributed by atoms with Gasteiger partial charge in [0.1, 0.15) is 11.5 Å². The lowest BCUT2D eigenvalue weighted by Crippen LogP contribution is -2.46. The van der Waals surface area contributed by atoms with E-state index in [4.69, 9.17) is 22.8 Å². The van der Waals surface area contributed by atoms with E-state index in [1.807, 2.05) is 39.0 Å². The Morgan fingerprint density at radius 1 is 0.481 bits per heavy atom. The van der Waals surface area contributed by atoms with Crippen molar-refractivity contribution in [3.63, 3.8) is 0 Å². The minimum absolute atomic E-state index is 0.123. The van der Waals surface area contributed by atoms with Gasteiger partial charge in [0, 0.05) is 44.0 Å². The predicted molar refractivity (Wildman–Crippen MR) is 222 cm³/mol. The topological polar surface area (TPSA) is 75.3 Å². The molecule has 52 heavy (non-hydrogen) atoms. The van der Waals surface area contributed by atoms with E-state index in [1.165, 1.54) is 141 Å². The third-order valence-corrected chi connectivity index (χ3v) is 12.9. The molecular formula is C44H83NO6Si. The number of benzene rings is 1. The Hall–Kier alpha value is -1.61. The van der Waals surface area contributed by atoms with E-state index in [9.17, 15) is 4.79 Å². The first-order chi connectivity index (χ1) is 25.5. The van der Waals surface area contributed by atoms with E-state index in [0.717, 1.165) is 19.3 Å². The van der Waals surface area contributed by atoms with Crippen LogP contribution in [0.1, 0.15) is 205 Å². The SMILES string of the molecule is CCCCCCCCCCCCCCOc1cc(OCCCCCCCCCCCCCC)cc(C(=O)NCCC[Si](OCC)(OCC)OCC)c1. The summed E-state index contributed by atoms with van der Waals surface area (Å²) in [6, 6.07) is 6.32. The van der Waals surface area contributed by atoms with Gasteiger partial charge >= 0.3 is 8.80 Å². The van der Waals surface area contributed by atoms with Crippen LogP contribution in [0.25, 0.3) is 0 Å². The van der Waals surface area contributed by atoms with Crippen molar-refractivity contribution in [2.45, 2.75) is 201 Å². The second-order valence-corrected chi connectivity index (χ2v) is 17.2. The first-order valence-electron chi connectivity index (χ1n) is 22.1. The summed E-state index contributed by atoms with van der Waals surface area (Å²) in [6.07, 6.45) is 32.3. The van der Waals surface area contributed by atoms with Crippen LogP contribution in [0, 0.1) is 0 Å². The van der Waals surface area contributed by atoms with Gasteiger partial charge in [-0.25, -0.2) is 0 Å². The molecular weight excluding hydrogens is 667 g/mol. The highest BCUT2D eigenvalue weighted by atomic mass is 28.4. The second kappa shape index (κ2) is 35.1. The molecule has 304 valence electrons. The molecule has 0 spiro atoms. The molecule has 0 atom stereocenters. The molecule has 1 rings (SSSR count). The van der Waals surface area contributed by atoms with Gasteiger partial charge in [-0.15, -0.1) is 0 Å². The fraction of sp³-hybridized carbons (Fsp3) is 0.841. The maximum Gasteiger partial charge on any atom is 0.500 e. The average molecular weight is 750 g/mol. The molecule has 0 radical (unpaired) electrons. The summed E-state index contributed by atoms with van der Waals surface area (Å²) in [5.41, 5.74) is 0.569. The molecule has 0 aliphatic rings. The molecule has 1 N–H and O–H groups in total. The minimum atomic E-state index is -2.74. The van der Waals surface area contributed by atoms with Gasteiger partial charge in [-0.3, -0.25) is 4.79 Å². The van der Waals surface area contributed by atoms with Gasteiger partial charge in [0.25, 0.3) is 5.91 Å². The predicted octanol–water partition coefficient (Wildman–Crippen LogP) is 13.0. The minimum Gasteiger partial charge on any atom is -0.493 e. The lowest BCUT2D eigenvalue weighted by molar-refractivity contribution is 0.0704. The van der Waals surface area contributed by atoms with Gasteiger partial charge in [0.15, 0.2) is 0 Å². The largest absolute Gasteiger partial charge is 0.500 e. The Morgan fingerprint density at radius 2 is 0.827 bits per heavy atom. The molecule has 1 amide bonds. The molecule has 0 saturated heterocycles. The number of carbonyl (C=O) groups is 1. The van der Waals surface area contributed by atoms with Crippen molar-refractivity contribution in [1.82, 2.24) is 5.32 Å². The van der Waals surface area contributed by atoms with Crippen LogP contribution >= 0.6 is 0 Å². The lowest BCUT2D eigenvalue weighted by Gasteiger charge is -2.28. The molecule has 0 fully saturated rings. The first-order valence-corrected chi connectivity index (χ1v) is 24.1. The van der Waals surface area contributed by atoms with Gasteiger partial charge < -0.3 is 28.1 Å². The van der Waals surface area contributed by atoms with E-state index in [1.54, 1.807) is 0 Å². The highest BCUT2D eigenvalue weighted by Crippen LogP contribution is 2.25. The van der Waals surface area contributed by atoms with E-state index in [0.29, 0.717) is 62.7 Å². The van der Waals surface area contributed by atoms with Crippen LogP contribution in [0.2, 0.25) is 6.04 Å². The fourth-order valence-electron chi connectivity index (χ4n) is 6.75. The van der Waals surface area contributed by atoms with E-state index < -0.39 is 8.80 Å². The Kier molecular flexibility index (Phi) is 32.7. The molecule has 0 heterocycles. The Balaban J connectivity index is 2.55. The van der Waals surface area contributed by atoms with E-state index in [2.05, 4.69) is 19.2 Å². The molecule has 8 heteroatoms. The zero-order valence-electron chi connectivity index (χ0n) is 34.8.